The number of hydrogen-bond donors (Lipinski definition) is 1. The molecule has 0 bridgehead atoms. The smallest absolute Gasteiger partial charge is 0.296 e. The van der Waals surface area contributed by atoms with Gasteiger partial charge in [-0.25, -0.2) is 0 Å². The average molecular weight is 317 g/mol. The first kappa shape index (κ1) is 17.2. The van der Waals surface area contributed by atoms with Crippen LogP contribution in [0.25, 0.3) is 5.57 Å². The van der Waals surface area contributed by atoms with Crippen LogP contribution in [-0.4, -0.2) is 41.1 Å². The van der Waals surface area contributed by atoms with Crippen LogP contribution in [0.2, 0.25) is 0 Å². The Kier molecular flexibility index (Phi) is 5.93. The van der Waals surface area contributed by atoms with Crippen LogP contribution in [0.4, 0.5) is 0 Å². The molecule has 0 aromatic heterocycles. The number of carbonyl (C=O) groups excluding carboxylic acids is 2. The van der Waals surface area contributed by atoms with Crippen molar-refractivity contribution in [1.82, 2.24) is 4.90 Å². The minimum atomic E-state index is -0.461. The lowest BCUT2D eigenvalue weighted by Gasteiger charge is -2.18. The summed E-state index contributed by atoms with van der Waals surface area (Å²) < 4.78 is 5.91. The number of ether oxygens (including phenoxy) is 1. The molecular weight excluding hydrogens is 294 g/mol. The van der Waals surface area contributed by atoms with Gasteiger partial charge < -0.3 is 9.84 Å². The van der Waals surface area contributed by atoms with Crippen molar-refractivity contribution in [3.63, 3.8) is 0 Å². The maximum absolute atomic E-state index is 12.6. The number of carbonyl (C=O) groups is 2. The van der Waals surface area contributed by atoms with Crippen LogP contribution in [0.3, 0.4) is 0 Å². The van der Waals surface area contributed by atoms with Gasteiger partial charge in [-0.15, -0.1) is 0 Å². The van der Waals surface area contributed by atoms with E-state index < -0.39 is 11.8 Å². The SMILES string of the molecule is CCCC(CC)OC1=C(c2ccccc2)C(=O)N(CCO)C1=O. The van der Waals surface area contributed by atoms with E-state index in [1.807, 2.05) is 25.1 Å². The zero-order valence-electron chi connectivity index (χ0n) is 13.6. The number of β-amino-alcohol motifs (C(OH)–C–C–N with tert-alkyl or cyclic N) is 1. The van der Waals surface area contributed by atoms with Crippen LogP contribution >= 0.6 is 0 Å². The molecule has 5 nitrogen and oxygen atoms in total. The third-order valence-corrected chi connectivity index (χ3v) is 3.86. The Bertz CT molecular complexity index is 594. The average Bonchev–Trinajstić information content (AvgIpc) is 2.80. The van der Waals surface area contributed by atoms with Gasteiger partial charge in [0.15, 0.2) is 5.76 Å². The molecule has 5 heteroatoms. The van der Waals surface area contributed by atoms with Crippen molar-refractivity contribution in [3.8, 4) is 0 Å². The number of benzene rings is 1. The van der Waals surface area contributed by atoms with Crippen LogP contribution in [0, 0.1) is 0 Å². The van der Waals surface area contributed by atoms with Crippen molar-refractivity contribution >= 4 is 17.4 Å². The summed E-state index contributed by atoms with van der Waals surface area (Å²) in [5.74, 6) is -0.760. The summed E-state index contributed by atoms with van der Waals surface area (Å²) in [6, 6.07) is 9.05. The number of rotatable bonds is 8. The second-order valence-corrected chi connectivity index (χ2v) is 5.49. The maximum atomic E-state index is 12.6. The highest BCUT2D eigenvalue weighted by Crippen LogP contribution is 2.31. The van der Waals surface area contributed by atoms with Gasteiger partial charge in [-0.3, -0.25) is 14.5 Å². The Balaban J connectivity index is 2.42. The van der Waals surface area contributed by atoms with Crippen molar-refractivity contribution in [1.29, 1.82) is 0 Å². The first-order valence-corrected chi connectivity index (χ1v) is 8.07. The summed E-state index contributed by atoms with van der Waals surface area (Å²) in [5, 5.41) is 9.11. The van der Waals surface area contributed by atoms with Crippen LogP contribution in [0.15, 0.2) is 36.1 Å². The van der Waals surface area contributed by atoms with E-state index in [2.05, 4.69) is 6.92 Å². The lowest BCUT2D eigenvalue weighted by atomic mass is 10.1. The van der Waals surface area contributed by atoms with E-state index in [4.69, 9.17) is 9.84 Å². The normalized spacial score (nSPS) is 16.2. The largest absolute Gasteiger partial charge is 0.484 e. The molecule has 1 aliphatic heterocycles. The molecule has 1 aromatic carbocycles. The molecule has 0 aliphatic carbocycles. The molecule has 2 amide bonds. The standard InChI is InChI=1S/C18H23NO4/c1-3-8-14(4-2)23-16-15(13-9-6-5-7-10-13)17(21)19(11-12-20)18(16)22/h5-7,9-10,14,20H,3-4,8,11-12H2,1-2H3. The molecule has 124 valence electrons. The molecule has 0 spiro atoms. The van der Waals surface area contributed by atoms with Gasteiger partial charge in [0.2, 0.25) is 0 Å². The lowest BCUT2D eigenvalue weighted by molar-refractivity contribution is -0.139. The maximum Gasteiger partial charge on any atom is 0.296 e. The van der Waals surface area contributed by atoms with Gasteiger partial charge in [0, 0.05) is 0 Å². The van der Waals surface area contributed by atoms with Crippen molar-refractivity contribution in [2.45, 2.75) is 39.2 Å². The van der Waals surface area contributed by atoms with Crippen LogP contribution in [0.5, 0.6) is 0 Å². The van der Waals surface area contributed by atoms with Gasteiger partial charge in [0.05, 0.1) is 24.8 Å². The first-order chi connectivity index (χ1) is 11.1. The fraction of sp³-hybridized carbons (Fsp3) is 0.444. The number of aliphatic hydroxyl groups is 1. The molecule has 0 saturated heterocycles. The van der Waals surface area contributed by atoms with Crippen molar-refractivity contribution < 1.29 is 19.4 Å². The number of hydrogen-bond acceptors (Lipinski definition) is 4. The third-order valence-electron chi connectivity index (χ3n) is 3.86. The second-order valence-electron chi connectivity index (χ2n) is 5.49. The lowest BCUT2D eigenvalue weighted by Crippen LogP contribution is -2.34. The monoisotopic (exact) mass is 317 g/mol. The van der Waals surface area contributed by atoms with Crippen LogP contribution in [-0.2, 0) is 14.3 Å². The van der Waals surface area contributed by atoms with Crippen LogP contribution < -0.4 is 0 Å². The molecule has 0 fully saturated rings. The van der Waals surface area contributed by atoms with Gasteiger partial charge in [0.25, 0.3) is 11.8 Å². The highest BCUT2D eigenvalue weighted by atomic mass is 16.5. The highest BCUT2D eigenvalue weighted by Gasteiger charge is 2.40. The molecular formula is C18H23NO4. The van der Waals surface area contributed by atoms with Crippen molar-refractivity contribution in [3.05, 3.63) is 41.7 Å². The van der Waals surface area contributed by atoms with Gasteiger partial charge >= 0.3 is 0 Å². The summed E-state index contributed by atoms with van der Waals surface area (Å²) in [6.45, 7) is 3.76. The van der Waals surface area contributed by atoms with E-state index in [1.54, 1.807) is 12.1 Å². The van der Waals surface area contributed by atoms with E-state index in [1.165, 1.54) is 0 Å². The zero-order chi connectivity index (χ0) is 16.8. The molecule has 23 heavy (non-hydrogen) atoms. The van der Waals surface area contributed by atoms with Gasteiger partial charge in [-0.2, -0.15) is 0 Å². The van der Waals surface area contributed by atoms with Gasteiger partial charge in [-0.1, -0.05) is 50.6 Å². The Morgan fingerprint density at radius 1 is 1.13 bits per heavy atom. The number of amides is 2. The minimum absolute atomic E-state index is 0.0224. The quantitative estimate of drug-likeness (QED) is 0.747. The molecule has 1 N–H and O–H groups in total. The zero-order valence-corrected chi connectivity index (χ0v) is 13.6. The van der Waals surface area contributed by atoms with E-state index in [-0.39, 0.29) is 25.0 Å². The second kappa shape index (κ2) is 7.92. The fourth-order valence-corrected chi connectivity index (χ4v) is 2.66. The number of imide groups is 1. The minimum Gasteiger partial charge on any atom is -0.484 e. The summed E-state index contributed by atoms with van der Waals surface area (Å²) >= 11 is 0. The molecule has 0 saturated carbocycles. The fourth-order valence-electron chi connectivity index (χ4n) is 2.66. The third kappa shape index (κ3) is 3.62. The van der Waals surface area contributed by atoms with E-state index >= 15 is 0 Å². The Morgan fingerprint density at radius 2 is 1.83 bits per heavy atom. The highest BCUT2D eigenvalue weighted by molar-refractivity contribution is 6.35. The predicted octanol–water partition coefficient (Wildman–Crippen LogP) is 2.35. The number of aliphatic hydroxyl groups excluding tert-OH is 1. The molecule has 0 radical (unpaired) electrons. The van der Waals surface area contributed by atoms with Crippen LogP contribution in [0.1, 0.15) is 38.7 Å². The topological polar surface area (TPSA) is 66.8 Å². The first-order valence-electron chi connectivity index (χ1n) is 8.07. The Labute approximate surface area is 136 Å². The van der Waals surface area contributed by atoms with Gasteiger partial charge in [0.1, 0.15) is 0 Å². The summed E-state index contributed by atoms with van der Waals surface area (Å²) in [6.07, 6.45) is 2.43. The summed E-state index contributed by atoms with van der Waals surface area (Å²) in [7, 11) is 0. The number of nitrogens with zero attached hydrogens (tertiary/aromatic N) is 1. The van der Waals surface area contributed by atoms with E-state index in [9.17, 15) is 9.59 Å². The Hall–Kier alpha value is -2.14. The molecule has 1 heterocycles. The van der Waals surface area contributed by atoms with E-state index in [0.717, 1.165) is 24.2 Å². The van der Waals surface area contributed by atoms with Crippen molar-refractivity contribution in [2.24, 2.45) is 0 Å². The summed E-state index contributed by atoms with van der Waals surface area (Å²) in [4.78, 5) is 26.2. The molecule has 1 aliphatic rings. The molecule has 1 aromatic rings. The Morgan fingerprint density at radius 3 is 2.39 bits per heavy atom. The van der Waals surface area contributed by atoms with Gasteiger partial charge in [-0.05, 0) is 18.4 Å². The predicted molar refractivity (Wildman–Crippen MR) is 87.2 cm³/mol. The molecule has 1 atom stereocenters. The molecule has 1 unspecified atom stereocenters. The van der Waals surface area contributed by atoms with E-state index in [0.29, 0.717) is 11.1 Å². The molecule has 2 rings (SSSR count). The summed E-state index contributed by atoms with van der Waals surface area (Å²) in [5.41, 5.74) is 0.950. The van der Waals surface area contributed by atoms with Crippen molar-refractivity contribution in [2.75, 3.05) is 13.2 Å².